The first-order chi connectivity index (χ1) is 9.26. The normalized spacial score (nSPS) is 45.9. The van der Waals surface area contributed by atoms with E-state index in [0.29, 0.717) is 0 Å². The Morgan fingerprint density at radius 2 is 1.15 bits per heavy atom. The topological polar surface area (TPSA) is 18.5 Å². The molecule has 0 radical (unpaired) electrons. The fraction of sp³-hybridized carbons (Fsp3) is 1.00. The summed E-state index contributed by atoms with van der Waals surface area (Å²) in [5.41, 5.74) is 1.62. The molecule has 20 heavy (non-hydrogen) atoms. The van der Waals surface area contributed by atoms with Crippen LogP contribution in [0, 0.1) is 23.7 Å². The lowest BCUT2D eigenvalue weighted by Gasteiger charge is -2.44. The summed E-state index contributed by atoms with van der Waals surface area (Å²) in [5, 5.41) is 0. The van der Waals surface area contributed by atoms with Crippen molar-refractivity contribution in [3.05, 3.63) is 0 Å². The second-order valence-electron chi connectivity index (χ2n) is 7.69. The van der Waals surface area contributed by atoms with Crippen molar-refractivity contribution in [2.24, 2.45) is 23.7 Å². The van der Waals surface area contributed by atoms with E-state index in [2.05, 4.69) is 0 Å². The van der Waals surface area contributed by atoms with Gasteiger partial charge in [-0.15, -0.1) is 0 Å². The first-order valence-electron chi connectivity index (χ1n) is 8.37. The van der Waals surface area contributed by atoms with Gasteiger partial charge < -0.3 is 8.85 Å². The molecule has 0 spiro atoms. The molecule has 116 valence electrons. The molecule has 0 N–H and O–H groups in total. The van der Waals surface area contributed by atoms with E-state index in [1.54, 1.807) is 0 Å². The van der Waals surface area contributed by atoms with Gasteiger partial charge in [-0.1, -0.05) is 25.7 Å². The Labute approximate surface area is 129 Å². The zero-order valence-corrected chi connectivity index (χ0v) is 13.4. The van der Waals surface area contributed by atoms with E-state index in [1.807, 2.05) is 14.2 Å². The maximum absolute atomic E-state index is 6.28. The molecule has 6 unspecified atom stereocenters. The molecule has 2 nitrogen and oxygen atoms in total. The molecule has 0 aromatic carbocycles. The standard InChI is InChI=1S/C16H28O2Si.H4Si/c1-17-19(18-2,15-9-11-3-5-13(15)7-11)16-10-12-4-6-14(16)8-12;/h11-16H,3-10H2,1-2H3;1H4. The second kappa shape index (κ2) is 5.52. The van der Waals surface area contributed by atoms with E-state index in [1.165, 1.54) is 51.4 Å². The third kappa shape index (κ3) is 2.02. The SMILES string of the molecule is CO[Si](OC)(C1CC2CCC1C2)C1CC2CCC1C2.[SiH4]. The summed E-state index contributed by atoms with van der Waals surface area (Å²) in [5.74, 6) is 3.89. The monoisotopic (exact) mass is 312 g/mol. The molecule has 0 heterocycles. The lowest BCUT2D eigenvalue weighted by Crippen LogP contribution is -2.52. The van der Waals surface area contributed by atoms with Crippen molar-refractivity contribution in [3.8, 4) is 0 Å². The van der Waals surface area contributed by atoms with Gasteiger partial charge in [0.2, 0.25) is 0 Å². The van der Waals surface area contributed by atoms with Gasteiger partial charge in [0.05, 0.1) is 0 Å². The fourth-order valence-electron chi connectivity index (χ4n) is 6.44. The Kier molecular flexibility index (Phi) is 4.21. The smallest absolute Gasteiger partial charge is 0.344 e. The van der Waals surface area contributed by atoms with Gasteiger partial charge in [0.25, 0.3) is 0 Å². The molecule has 4 bridgehead atoms. The summed E-state index contributed by atoms with van der Waals surface area (Å²) in [4.78, 5) is 0. The molecule has 0 aromatic rings. The summed E-state index contributed by atoms with van der Waals surface area (Å²) < 4.78 is 12.6. The van der Waals surface area contributed by atoms with Crippen molar-refractivity contribution in [2.45, 2.75) is 62.4 Å². The van der Waals surface area contributed by atoms with Crippen LogP contribution in [0.25, 0.3) is 0 Å². The Bertz CT molecular complexity index is 328. The first-order valence-corrected chi connectivity index (χ1v) is 10.3. The van der Waals surface area contributed by atoms with Crippen LogP contribution < -0.4 is 0 Å². The molecular formula is C16H32O2Si2. The van der Waals surface area contributed by atoms with Crippen molar-refractivity contribution in [1.29, 1.82) is 0 Å². The van der Waals surface area contributed by atoms with Crippen LogP contribution in [0.1, 0.15) is 51.4 Å². The van der Waals surface area contributed by atoms with Gasteiger partial charge >= 0.3 is 8.56 Å². The van der Waals surface area contributed by atoms with E-state index < -0.39 is 8.56 Å². The fourth-order valence-corrected chi connectivity index (χ4v) is 11.6. The van der Waals surface area contributed by atoms with Gasteiger partial charge in [-0.25, -0.2) is 0 Å². The molecule has 0 saturated heterocycles. The molecular weight excluding hydrogens is 280 g/mol. The predicted octanol–water partition coefficient (Wildman–Crippen LogP) is 2.65. The van der Waals surface area contributed by atoms with Crippen molar-refractivity contribution in [1.82, 2.24) is 0 Å². The zero-order valence-electron chi connectivity index (χ0n) is 12.4. The van der Waals surface area contributed by atoms with E-state index in [0.717, 1.165) is 34.8 Å². The lowest BCUT2D eigenvalue weighted by atomic mass is 9.99. The van der Waals surface area contributed by atoms with Crippen LogP contribution in [0.5, 0.6) is 0 Å². The second-order valence-corrected chi connectivity index (χ2v) is 11.4. The van der Waals surface area contributed by atoms with Crippen LogP contribution in [0.2, 0.25) is 11.1 Å². The third-order valence-electron chi connectivity index (χ3n) is 7.15. The van der Waals surface area contributed by atoms with Crippen molar-refractivity contribution >= 4 is 19.5 Å². The number of rotatable bonds is 4. The molecule has 4 aliphatic carbocycles. The summed E-state index contributed by atoms with van der Waals surface area (Å²) in [6.07, 6.45) is 11.7. The van der Waals surface area contributed by atoms with Gasteiger partial charge in [0.1, 0.15) is 0 Å². The minimum absolute atomic E-state index is 0. The number of hydrogen-bond acceptors (Lipinski definition) is 2. The van der Waals surface area contributed by atoms with Crippen LogP contribution in [0.3, 0.4) is 0 Å². The molecule has 4 heteroatoms. The third-order valence-corrected chi connectivity index (χ3v) is 11.9. The van der Waals surface area contributed by atoms with Gasteiger partial charge in [0.15, 0.2) is 0 Å². The maximum atomic E-state index is 6.28. The largest absolute Gasteiger partial charge is 0.397 e. The van der Waals surface area contributed by atoms with E-state index in [-0.39, 0.29) is 11.0 Å². The average molecular weight is 313 g/mol. The molecule has 0 amide bonds. The molecule has 0 aromatic heterocycles. The highest BCUT2D eigenvalue weighted by Gasteiger charge is 2.62. The molecule has 4 rings (SSSR count). The van der Waals surface area contributed by atoms with Crippen LogP contribution in [0.15, 0.2) is 0 Å². The van der Waals surface area contributed by atoms with Gasteiger partial charge in [-0.05, 0) is 60.3 Å². The van der Waals surface area contributed by atoms with Crippen LogP contribution >= 0.6 is 0 Å². The van der Waals surface area contributed by atoms with E-state index in [9.17, 15) is 0 Å². The van der Waals surface area contributed by atoms with Gasteiger partial charge in [-0.2, -0.15) is 0 Å². The summed E-state index contributed by atoms with van der Waals surface area (Å²) in [6.45, 7) is 0. The average Bonchev–Trinajstić information content (AvgIpc) is 3.21. The maximum Gasteiger partial charge on any atom is 0.344 e. The van der Waals surface area contributed by atoms with E-state index in [4.69, 9.17) is 8.85 Å². The van der Waals surface area contributed by atoms with Crippen LogP contribution in [0.4, 0.5) is 0 Å². The molecule has 4 fully saturated rings. The Balaban J connectivity index is 0.00000121. The molecule has 4 aliphatic rings. The Morgan fingerprint density at radius 1 is 0.700 bits per heavy atom. The first kappa shape index (κ1) is 15.3. The number of hydrogen-bond donors (Lipinski definition) is 0. The van der Waals surface area contributed by atoms with Crippen molar-refractivity contribution < 1.29 is 8.85 Å². The van der Waals surface area contributed by atoms with Gasteiger partial charge in [0, 0.05) is 25.3 Å². The lowest BCUT2D eigenvalue weighted by molar-refractivity contribution is 0.186. The van der Waals surface area contributed by atoms with Crippen molar-refractivity contribution in [3.63, 3.8) is 0 Å². The summed E-state index contributed by atoms with van der Waals surface area (Å²) in [6, 6.07) is 0. The highest BCUT2D eigenvalue weighted by atomic mass is 28.4. The molecule has 6 atom stereocenters. The minimum Gasteiger partial charge on any atom is -0.397 e. The molecule has 4 saturated carbocycles. The predicted molar refractivity (Wildman–Crippen MR) is 89.5 cm³/mol. The summed E-state index contributed by atoms with van der Waals surface area (Å²) >= 11 is 0. The Hall–Kier alpha value is 0.354. The van der Waals surface area contributed by atoms with Crippen LogP contribution in [-0.2, 0) is 8.85 Å². The van der Waals surface area contributed by atoms with Gasteiger partial charge in [-0.3, -0.25) is 0 Å². The zero-order chi connectivity index (χ0) is 13.0. The summed E-state index contributed by atoms with van der Waals surface area (Å²) in [7, 11) is 1.95. The minimum atomic E-state index is -1.98. The quantitative estimate of drug-likeness (QED) is 0.743. The van der Waals surface area contributed by atoms with Crippen molar-refractivity contribution in [2.75, 3.05) is 14.2 Å². The Morgan fingerprint density at radius 3 is 1.40 bits per heavy atom. The van der Waals surface area contributed by atoms with E-state index >= 15 is 0 Å². The highest BCUT2D eigenvalue weighted by Crippen LogP contribution is 2.64. The molecule has 0 aliphatic heterocycles. The number of fused-ring (bicyclic) bond motifs is 4. The highest BCUT2D eigenvalue weighted by molar-refractivity contribution is 6.70. The van der Waals surface area contributed by atoms with Crippen LogP contribution in [-0.4, -0.2) is 33.7 Å².